The van der Waals surface area contributed by atoms with Crippen LogP contribution in [0.1, 0.15) is 92.2 Å². The van der Waals surface area contributed by atoms with Crippen LogP contribution in [0.4, 0.5) is 0 Å². The van der Waals surface area contributed by atoms with Gasteiger partial charge in [0, 0.05) is 6.54 Å². The van der Waals surface area contributed by atoms with Gasteiger partial charge in [0.15, 0.2) is 6.10 Å². The number of carboxylic acid groups (broad SMARTS) is 1. The van der Waals surface area contributed by atoms with Gasteiger partial charge in [0.2, 0.25) is 11.8 Å². The number of carbonyl (C=O) groups is 4. The smallest absolute Gasteiger partial charge is 0.345 e. The largest absolute Gasteiger partial charge is 0.479 e. The number of ether oxygens (including phenoxy) is 1. The van der Waals surface area contributed by atoms with E-state index < -0.39 is 35.4 Å². The quantitative estimate of drug-likeness (QED) is 0.151. The van der Waals surface area contributed by atoms with Crippen molar-refractivity contribution in [3.05, 3.63) is 47.5 Å². The second kappa shape index (κ2) is 17.0. The van der Waals surface area contributed by atoms with E-state index in [1.807, 2.05) is 32.1 Å². The van der Waals surface area contributed by atoms with Gasteiger partial charge in [0.25, 0.3) is 0 Å². The molecule has 0 aliphatic heterocycles. The van der Waals surface area contributed by atoms with Crippen LogP contribution in [0.5, 0.6) is 0 Å². The molecule has 0 aliphatic carbocycles. The number of allylic oxidation sites excluding steroid dienone is 1. The molecule has 1 aromatic carbocycles. The number of esters is 1. The summed E-state index contributed by atoms with van der Waals surface area (Å²) in [5, 5.41) is 23.9. The summed E-state index contributed by atoms with van der Waals surface area (Å²) in [6.45, 7) is 17.1. The van der Waals surface area contributed by atoms with E-state index in [9.17, 15) is 29.4 Å². The van der Waals surface area contributed by atoms with Gasteiger partial charge in [-0.15, -0.1) is 0 Å². The Morgan fingerprint density at radius 2 is 1.55 bits per heavy atom. The molecule has 42 heavy (non-hydrogen) atoms. The van der Waals surface area contributed by atoms with Crippen LogP contribution >= 0.6 is 0 Å². The molecule has 1 aromatic rings. The molecule has 0 radical (unpaired) electrons. The van der Waals surface area contributed by atoms with Crippen molar-refractivity contribution in [1.82, 2.24) is 10.6 Å². The molecule has 0 spiro atoms. The van der Waals surface area contributed by atoms with Crippen molar-refractivity contribution in [3.8, 4) is 0 Å². The van der Waals surface area contributed by atoms with Crippen molar-refractivity contribution in [2.45, 2.75) is 99.8 Å². The lowest BCUT2D eigenvalue weighted by Gasteiger charge is -2.30. The molecule has 9 nitrogen and oxygen atoms in total. The highest BCUT2D eigenvalue weighted by molar-refractivity contribution is 5.92. The van der Waals surface area contributed by atoms with Crippen LogP contribution in [0.15, 0.2) is 36.4 Å². The zero-order valence-electron chi connectivity index (χ0n) is 26.8. The number of hydrogen-bond acceptors (Lipinski definition) is 6. The third-order valence-electron chi connectivity index (χ3n) is 8.20. The van der Waals surface area contributed by atoms with E-state index in [-0.39, 0.29) is 31.4 Å². The fourth-order valence-corrected chi connectivity index (χ4v) is 4.58. The van der Waals surface area contributed by atoms with Crippen molar-refractivity contribution < 1.29 is 34.1 Å². The Labute approximate surface area is 251 Å². The molecular formula is C33H52N2O7. The highest BCUT2D eigenvalue weighted by atomic mass is 16.6. The second-order valence-corrected chi connectivity index (χ2v) is 12.7. The monoisotopic (exact) mass is 588 g/mol. The van der Waals surface area contributed by atoms with Crippen molar-refractivity contribution in [1.29, 1.82) is 0 Å². The molecule has 0 saturated heterocycles. The van der Waals surface area contributed by atoms with E-state index in [4.69, 9.17) is 4.74 Å². The minimum atomic E-state index is -1.25. The summed E-state index contributed by atoms with van der Waals surface area (Å²) in [6.07, 6.45) is 2.91. The van der Waals surface area contributed by atoms with Gasteiger partial charge in [-0.2, -0.15) is 0 Å². The molecule has 6 unspecified atom stereocenters. The predicted molar refractivity (Wildman–Crippen MR) is 163 cm³/mol. The van der Waals surface area contributed by atoms with Crippen molar-refractivity contribution >= 4 is 23.8 Å². The molecule has 9 heteroatoms. The number of aliphatic carboxylic acids is 1. The van der Waals surface area contributed by atoms with Crippen LogP contribution in [0.3, 0.4) is 0 Å². The molecule has 0 heterocycles. The number of benzene rings is 1. The van der Waals surface area contributed by atoms with E-state index in [1.165, 1.54) is 11.6 Å². The lowest BCUT2D eigenvalue weighted by atomic mass is 9.75. The first kappa shape index (κ1) is 36.8. The average Bonchev–Trinajstić information content (AvgIpc) is 2.93. The van der Waals surface area contributed by atoms with Crippen LogP contribution in [-0.2, 0) is 30.5 Å². The molecule has 0 aromatic heterocycles. The zero-order valence-corrected chi connectivity index (χ0v) is 26.8. The number of nitrogens with one attached hydrogen (secondary N) is 2. The fraction of sp³-hybridized carbons (Fsp3) is 0.636. The van der Waals surface area contributed by atoms with Crippen LogP contribution in [-0.4, -0.2) is 52.7 Å². The summed E-state index contributed by atoms with van der Waals surface area (Å²) < 4.78 is 5.21. The van der Waals surface area contributed by atoms with Crippen LogP contribution in [0.2, 0.25) is 0 Å². The molecule has 236 valence electrons. The Kier molecular flexibility index (Phi) is 14.9. The van der Waals surface area contributed by atoms with Crippen LogP contribution in [0, 0.1) is 29.1 Å². The maximum Gasteiger partial charge on any atom is 0.345 e. The normalized spacial score (nSPS) is 16.3. The first-order chi connectivity index (χ1) is 19.5. The molecule has 2 amide bonds. The SMILES string of the molecule is CC(C)CC(OC(=O)C(C)(C)CNC(=O)C(C)NC(=O)/C=C/CC(C)C(C)C(C)C(C)c1ccc(CO)cc1)C(=O)O. The first-order valence-corrected chi connectivity index (χ1v) is 14.9. The molecule has 0 fully saturated rings. The maximum atomic E-state index is 12.6. The second-order valence-electron chi connectivity index (χ2n) is 12.7. The topological polar surface area (TPSA) is 142 Å². The van der Waals surface area contributed by atoms with Gasteiger partial charge < -0.3 is 25.6 Å². The van der Waals surface area contributed by atoms with Gasteiger partial charge in [0.1, 0.15) is 6.04 Å². The van der Waals surface area contributed by atoms with Gasteiger partial charge in [-0.25, -0.2) is 4.79 Å². The molecule has 0 aliphatic rings. The minimum Gasteiger partial charge on any atom is -0.479 e. The van der Waals surface area contributed by atoms with Crippen molar-refractivity contribution in [2.24, 2.45) is 29.1 Å². The van der Waals surface area contributed by atoms with Crippen molar-refractivity contribution in [3.63, 3.8) is 0 Å². The average molecular weight is 589 g/mol. The maximum absolute atomic E-state index is 12.6. The number of aliphatic hydroxyl groups excluding tert-OH is 1. The van der Waals surface area contributed by atoms with Gasteiger partial charge in [-0.1, -0.05) is 71.9 Å². The molecule has 4 N–H and O–H groups in total. The van der Waals surface area contributed by atoms with E-state index in [1.54, 1.807) is 20.8 Å². The Morgan fingerprint density at radius 1 is 0.952 bits per heavy atom. The summed E-state index contributed by atoms with van der Waals surface area (Å²) in [6, 6.07) is 7.21. The predicted octanol–water partition coefficient (Wildman–Crippen LogP) is 4.83. The summed E-state index contributed by atoms with van der Waals surface area (Å²) in [7, 11) is 0. The summed E-state index contributed by atoms with van der Waals surface area (Å²) >= 11 is 0. The number of carbonyl (C=O) groups excluding carboxylic acids is 3. The van der Waals surface area contributed by atoms with E-state index in [0.717, 1.165) is 5.56 Å². The highest BCUT2D eigenvalue weighted by Crippen LogP contribution is 2.34. The lowest BCUT2D eigenvalue weighted by molar-refractivity contribution is -0.171. The Morgan fingerprint density at radius 3 is 2.07 bits per heavy atom. The Balaban J connectivity index is 2.56. The van der Waals surface area contributed by atoms with Gasteiger partial charge in [-0.05, 0) is 80.4 Å². The Bertz CT molecular complexity index is 1060. The molecule has 1 rings (SSSR count). The third-order valence-corrected chi connectivity index (χ3v) is 8.20. The Hall–Kier alpha value is -3.20. The summed E-state index contributed by atoms with van der Waals surface area (Å²) in [4.78, 5) is 49.0. The molecule has 0 bridgehead atoms. The van der Waals surface area contributed by atoms with Gasteiger partial charge in [0.05, 0.1) is 12.0 Å². The van der Waals surface area contributed by atoms with E-state index in [2.05, 4.69) is 50.5 Å². The number of rotatable bonds is 17. The lowest BCUT2D eigenvalue weighted by Crippen LogP contribution is -2.48. The highest BCUT2D eigenvalue weighted by Gasteiger charge is 2.34. The van der Waals surface area contributed by atoms with E-state index in [0.29, 0.717) is 30.1 Å². The van der Waals surface area contributed by atoms with Crippen molar-refractivity contribution in [2.75, 3.05) is 6.54 Å². The fourth-order valence-electron chi connectivity index (χ4n) is 4.58. The summed E-state index contributed by atoms with van der Waals surface area (Å²) in [5.41, 5.74) is 0.970. The van der Waals surface area contributed by atoms with Crippen LogP contribution in [0.25, 0.3) is 0 Å². The van der Waals surface area contributed by atoms with Crippen LogP contribution < -0.4 is 10.6 Å². The van der Waals surface area contributed by atoms with Gasteiger partial charge in [-0.3, -0.25) is 14.4 Å². The van der Waals surface area contributed by atoms with E-state index >= 15 is 0 Å². The molecule has 6 atom stereocenters. The zero-order chi connectivity index (χ0) is 32.2. The molecular weight excluding hydrogens is 536 g/mol. The minimum absolute atomic E-state index is 0.0287. The first-order valence-electron chi connectivity index (χ1n) is 14.9. The number of carboxylic acids is 1. The van der Waals surface area contributed by atoms with Gasteiger partial charge >= 0.3 is 11.9 Å². The number of hydrogen-bond donors (Lipinski definition) is 4. The molecule has 0 saturated carbocycles. The number of amides is 2. The third kappa shape index (κ3) is 12.0. The standard InChI is InChI=1S/C33H52N2O7/c1-20(2)17-28(31(39)40)42-32(41)33(8,9)19-34-30(38)25(7)35-29(37)12-10-11-21(3)22(4)23(5)24(6)27-15-13-26(18-36)14-16-27/h10,12-16,20-25,28,36H,11,17-19H2,1-9H3,(H,34,38)(H,35,37)(H,39,40)/b12-10+. The summed E-state index contributed by atoms with van der Waals surface area (Å²) in [5.74, 6) is -1.30. The number of aliphatic hydroxyl groups is 1.